The Morgan fingerprint density at radius 1 is 1.24 bits per heavy atom. The zero-order valence-corrected chi connectivity index (χ0v) is 9.73. The SMILES string of the molecule is CC(C(=O)O)c1ccc2cccc3c2c1CC3. The van der Waals surface area contributed by atoms with E-state index in [1.807, 2.05) is 12.1 Å². The van der Waals surface area contributed by atoms with Crippen molar-refractivity contribution < 1.29 is 9.90 Å². The highest BCUT2D eigenvalue weighted by Crippen LogP contribution is 2.35. The van der Waals surface area contributed by atoms with Gasteiger partial charge in [-0.3, -0.25) is 4.79 Å². The summed E-state index contributed by atoms with van der Waals surface area (Å²) in [5, 5.41) is 11.7. The molecule has 0 saturated carbocycles. The van der Waals surface area contributed by atoms with Crippen molar-refractivity contribution in [2.45, 2.75) is 25.7 Å². The number of rotatable bonds is 2. The number of aryl methyl sites for hydroxylation is 2. The lowest BCUT2D eigenvalue weighted by molar-refractivity contribution is -0.138. The molecule has 2 nitrogen and oxygen atoms in total. The van der Waals surface area contributed by atoms with Gasteiger partial charge in [0.25, 0.3) is 0 Å². The number of aliphatic carboxylic acids is 1. The smallest absolute Gasteiger partial charge is 0.310 e. The monoisotopic (exact) mass is 226 g/mol. The largest absolute Gasteiger partial charge is 0.481 e. The van der Waals surface area contributed by atoms with Crippen LogP contribution in [0.4, 0.5) is 0 Å². The van der Waals surface area contributed by atoms with Crippen LogP contribution in [0.5, 0.6) is 0 Å². The first kappa shape index (κ1) is 10.3. The Hall–Kier alpha value is -1.83. The van der Waals surface area contributed by atoms with Crippen LogP contribution in [0.1, 0.15) is 29.5 Å². The first-order valence-electron chi connectivity index (χ1n) is 5.94. The van der Waals surface area contributed by atoms with Gasteiger partial charge in [-0.25, -0.2) is 0 Å². The summed E-state index contributed by atoms with van der Waals surface area (Å²) in [7, 11) is 0. The minimum absolute atomic E-state index is 0.416. The van der Waals surface area contributed by atoms with Crippen molar-refractivity contribution in [1.82, 2.24) is 0 Å². The third-order valence-electron chi connectivity index (χ3n) is 3.76. The van der Waals surface area contributed by atoms with Crippen LogP contribution in [0.2, 0.25) is 0 Å². The van der Waals surface area contributed by atoms with Crippen molar-refractivity contribution in [2.24, 2.45) is 0 Å². The number of carbonyl (C=O) groups is 1. The van der Waals surface area contributed by atoms with Gasteiger partial charge < -0.3 is 5.11 Å². The Bertz CT molecular complexity index is 614. The fourth-order valence-electron chi connectivity index (χ4n) is 2.83. The van der Waals surface area contributed by atoms with Crippen LogP contribution in [-0.4, -0.2) is 11.1 Å². The highest BCUT2D eigenvalue weighted by atomic mass is 16.4. The average Bonchev–Trinajstić information content (AvgIpc) is 2.75. The molecule has 0 fully saturated rings. The molecule has 0 amide bonds. The Labute approximate surface area is 99.9 Å². The Morgan fingerprint density at radius 3 is 2.82 bits per heavy atom. The van der Waals surface area contributed by atoms with Gasteiger partial charge in [0, 0.05) is 0 Å². The van der Waals surface area contributed by atoms with Crippen molar-refractivity contribution in [3.63, 3.8) is 0 Å². The molecule has 17 heavy (non-hydrogen) atoms. The van der Waals surface area contributed by atoms with E-state index < -0.39 is 11.9 Å². The van der Waals surface area contributed by atoms with Gasteiger partial charge in [0.1, 0.15) is 0 Å². The van der Waals surface area contributed by atoms with E-state index in [1.165, 1.54) is 21.9 Å². The van der Waals surface area contributed by atoms with Crippen LogP contribution in [0.3, 0.4) is 0 Å². The molecule has 0 spiro atoms. The van der Waals surface area contributed by atoms with Gasteiger partial charge >= 0.3 is 5.97 Å². The molecule has 0 bridgehead atoms. The van der Waals surface area contributed by atoms with Crippen LogP contribution in [0.25, 0.3) is 10.8 Å². The predicted molar refractivity (Wildman–Crippen MR) is 67.4 cm³/mol. The summed E-state index contributed by atoms with van der Waals surface area (Å²) in [5.74, 6) is -1.16. The van der Waals surface area contributed by atoms with Gasteiger partial charge in [0.15, 0.2) is 0 Å². The van der Waals surface area contributed by atoms with Crippen molar-refractivity contribution in [3.05, 3.63) is 47.0 Å². The second-order valence-electron chi connectivity index (χ2n) is 4.71. The Kier molecular flexibility index (Phi) is 2.18. The van der Waals surface area contributed by atoms with E-state index in [4.69, 9.17) is 5.11 Å². The van der Waals surface area contributed by atoms with E-state index in [9.17, 15) is 4.79 Å². The lowest BCUT2D eigenvalue weighted by Crippen LogP contribution is -2.09. The molecule has 0 radical (unpaired) electrons. The first-order chi connectivity index (χ1) is 8.18. The van der Waals surface area contributed by atoms with E-state index in [0.717, 1.165) is 18.4 Å². The van der Waals surface area contributed by atoms with E-state index >= 15 is 0 Å². The maximum absolute atomic E-state index is 11.1. The third kappa shape index (κ3) is 1.44. The summed E-state index contributed by atoms with van der Waals surface area (Å²) in [5.41, 5.74) is 3.58. The highest BCUT2D eigenvalue weighted by molar-refractivity contribution is 5.93. The maximum Gasteiger partial charge on any atom is 0.310 e. The molecule has 1 atom stereocenters. The second kappa shape index (κ2) is 3.59. The molecule has 1 N–H and O–H groups in total. The molecule has 2 aromatic carbocycles. The van der Waals surface area contributed by atoms with Crippen LogP contribution >= 0.6 is 0 Å². The molecular weight excluding hydrogens is 212 g/mol. The summed E-state index contributed by atoms with van der Waals surface area (Å²) >= 11 is 0. The van der Waals surface area contributed by atoms with Gasteiger partial charge in [-0.05, 0) is 47.2 Å². The van der Waals surface area contributed by atoms with Gasteiger partial charge in [0.05, 0.1) is 5.92 Å². The molecule has 0 aliphatic heterocycles. The molecule has 2 aromatic rings. The van der Waals surface area contributed by atoms with Gasteiger partial charge in [0.2, 0.25) is 0 Å². The van der Waals surface area contributed by atoms with Gasteiger partial charge in [-0.1, -0.05) is 30.3 Å². The molecule has 0 heterocycles. The van der Waals surface area contributed by atoms with E-state index in [-0.39, 0.29) is 0 Å². The summed E-state index contributed by atoms with van der Waals surface area (Å²) in [6.07, 6.45) is 2.01. The number of hydrogen-bond acceptors (Lipinski definition) is 1. The Morgan fingerprint density at radius 2 is 2.06 bits per heavy atom. The van der Waals surface area contributed by atoms with Crippen molar-refractivity contribution in [3.8, 4) is 0 Å². The maximum atomic E-state index is 11.1. The van der Waals surface area contributed by atoms with Crippen molar-refractivity contribution >= 4 is 16.7 Å². The molecule has 0 aromatic heterocycles. The molecular formula is C15H14O2. The Balaban J connectivity index is 2.29. The summed E-state index contributed by atoms with van der Waals surface area (Å²) in [4.78, 5) is 11.1. The van der Waals surface area contributed by atoms with E-state index in [2.05, 4.69) is 18.2 Å². The number of carboxylic acids is 1. The third-order valence-corrected chi connectivity index (χ3v) is 3.76. The fraction of sp³-hybridized carbons (Fsp3) is 0.267. The average molecular weight is 226 g/mol. The highest BCUT2D eigenvalue weighted by Gasteiger charge is 2.23. The molecule has 86 valence electrons. The lowest BCUT2D eigenvalue weighted by atomic mass is 9.92. The van der Waals surface area contributed by atoms with Crippen LogP contribution < -0.4 is 0 Å². The second-order valence-corrected chi connectivity index (χ2v) is 4.71. The summed E-state index contributed by atoms with van der Waals surface area (Å²) < 4.78 is 0. The summed E-state index contributed by atoms with van der Waals surface area (Å²) in [6, 6.07) is 10.3. The molecule has 1 aliphatic carbocycles. The normalized spacial score (nSPS) is 15.1. The minimum atomic E-state index is -0.745. The summed E-state index contributed by atoms with van der Waals surface area (Å²) in [6.45, 7) is 1.76. The van der Waals surface area contributed by atoms with Gasteiger partial charge in [-0.2, -0.15) is 0 Å². The standard InChI is InChI=1S/C15H14O2/c1-9(15(16)17)12-7-5-10-3-2-4-11-6-8-13(12)14(10)11/h2-5,7,9H,6,8H2,1H3,(H,16,17). The number of hydrogen-bond donors (Lipinski definition) is 1. The minimum Gasteiger partial charge on any atom is -0.481 e. The van der Waals surface area contributed by atoms with Crippen LogP contribution in [-0.2, 0) is 17.6 Å². The van der Waals surface area contributed by atoms with Crippen LogP contribution in [0, 0.1) is 0 Å². The predicted octanol–water partition coefficient (Wildman–Crippen LogP) is 3.13. The molecule has 0 saturated heterocycles. The quantitative estimate of drug-likeness (QED) is 0.854. The molecule has 3 rings (SSSR count). The van der Waals surface area contributed by atoms with Gasteiger partial charge in [-0.15, -0.1) is 0 Å². The topological polar surface area (TPSA) is 37.3 Å². The van der Waals surface area contributed by atoms with E-state index in [1.54, 1.807) is 6.92 Å². The van der Waals surface area contributed by atoms with E-state index in [0.29, 0.717) is 0 Å². The molecule has 1 aliphatic rings. The fourth-order valence-corrected chi connectivity index (χ4v) is 2.83. The number of benzene rings is 2. The van der Waals surface area contributed by atoms with Crippen molar-refractivity contribution in [2.75, 3.05) is 0 Å². The lowest BCUT2D eigenvalue weighted by Gasteiger charge is -2.12. The first-order valence-corrected chi connectivity index (χ1v) is 5.94. The van der Waals surface area contributed by atoms with Crippen LogP contribution in [0.15, 0.2) is 30.3 Å². The molecule has 1 unspecified atom stereocenters. The van der Waals surface area contributed by atoms with Crippen molar-refractivity contribution in [1.29, 1.82) is 0 Å². The zero-order chi connectivity index (χ0) is 12.0. The number of carboxylic acid groups (broad SMARTS) is 1. The zero-order valence-electron chi connectivity index (χ0n) is 9.73. The molecule has 2 heteroatoms.